The minimum Gasteiger partial charge on any atom is -0.330 e. The van der Waals surface area contributed by atoms with E-state index >= 15 is 0 Å². The van der Waals surface area contributed by atoms with Crippen molar-refractivity contribution < 1.29 is 0 Å². The van der Waals surface area contributed by atoms with Crippen LogP contribution >= 0.6 is 11.3 Å². The van der Waals surface area contributed by atoms with Crippen molar-refractivity contribution in [3.8, 4) is 5.13 Å². The van der Waals surface area contributed by atoms with Crippen molar-refractivity contribution >= 4 is 11.3 Å². The van der Waals surface area contributed by atoms with Crippen molar-refractivity contribution in [1.82, 2.24) is 14.8 Å². The first-order chi connectivity index (χ1) is 7.20. The summed E-state index contributed by atoms with van der Waals surface area (Å²) in [5.41, 5.74) is 8.66. The van der Waals surface area contributed by atoms with Crippen LogP contribution in [0.4, 0.5) is 0 Å². The van der Waals surface area contributed by atoms with Crippen LogP contribution < -0.4 is 5.73 Å². The lowest BCUT2D eigenvalue weighted by Gasteiger charge is -1.97. The van der Waals surface area contributed by atoms with E-state index in [2.05, 4.69) is 10.1 Å². The van der Waals surface area contributed by atoms with Gasteiger partial charge in [-0.25, -0.2) is 9.67 Å². The molecule has 0 saturated heterocycles. The molecule has 0 aliphatic carbocycles. The smallest absolute Gasteiger partial charge is 0.210 e. The minimum absolute atomic E-state index is 0.639. The topological polar surface area (TPSA) is 56.7 Å². The molecule has 0 aromatic carbocycles. The van der Waals surface area contributed by atoms with E-state index in [4.69, 9.17) is 5.73 Å². The van der Waals surface area contributed by atoms with Crippen molar-refractivity contribution in [2.24, 2.45) is 5.73 Å². The van der Waals surface area contributed by atoms with E-state index in [9.17, 15) is 0 Å². The Kier molecular flexibility index (Phi) is 2.83. The van der Waals surface area contributed by atoms with Crippen molar-refractivity contribution in [2.45, 2.75) is 20.3 Å². The standard InChI is InChI=1S/C10H14N4S/c1-7-5-8(2)14(13-7)10-12-9(3-4-11)6-15-10/h5-6H,3-4,11H2,1-2H3. The molecule has 4 nitrogen and oxygen atoms in total. The van der Waals surface area contributed by atoms with E-state index in [1.165, 1.54) is 0 Å². The van der Waals surface area contributed by atoms with Gasteiger partial charge in [0.25, 0.3) is 0 Å². The number of aromatic nitrogens is 3. The van der Waals surface area contributed by atoms with Crippen molar-refractivity contribution in [2.75, 3.05) is 6.54 Å². The van der Waals surface area contributed by atoms with E-state index in [-0.39, 0.29) is 0 Å². The van der Waals surface area contributed by atoms with Gasteiger partial charge >= 0.3 is 0 Å². The number of hydrogen-bond acceptors (Lipinski definition) is 4. The van der Waals surface area contributed by atoms with Gasteiger partial charge in [-0.3, -0.25) is 0 Å². The number of nitrogens with two attached hydrogens (primary N) is 1. The molecular weight excluding hydrogens is 208 g/mol. The maximum atomic E-state index is 5.48. The van der Waals surface area contributed by atoms with Crippen molar-refractivity contribution in [3.63, 3.8) is 0 Å². The molecule has 0 saturated carbocycles. The van der Waals surface area contributed by atoms with Gasteiger partial charge in [0, 0.05) is 17.5 Å². The molecule has 0 spiro atoms. The fourth-order valence-electron chi connectivity index (χ4n) is 1.48. The third-order valence-electron chi connectivity index (χ3n) is 2.13. The molecule has 0 amide bonds. The summed E-state index contributed by atoms with van der Waals surface area (Å²) < 4.78 is 1.88. The van der Waals surface area contributed by atoms with Crippen LogP contribution in [0.3, 0.4) is 0 Å². The molecule has 0 radical (unpaired) electrons. The Morgan fingerprint density at radius 2 is 2.27 bits per heavy atom. The summed E-state index contributed by atoms with van der Waals surface area (Å²) in [6.45, 7) is 4.65. The maximum absolute atomic E-state index is 5.48. The number of aryl methyl sites for hydroxylation is 2. The zero-order chi connectivity index (χ0) is 10.8. The lowest BCUT2D eigenvalue weighted by Crippen LogP contribution is -2.04. The van der Waals surface area contributed by atoms with Gasteiger partial charge in [0.05, 0.1) is 11.4 Å². The number of thiazole rings is 1. The van der Waals surface area contributed by atoms with Gasteiger partial charge in [0.1, 0.15) is 0 Å². The van der Waals surface area contributed by atoms with Crippen LogP contribution in [0.15, 0.2) is 11.4 Å². The average molecular weight is 222 g/mol. The van der Waals surface area contributed by atoms with Crippen LogP contribution in [-0.4, -0.2) is 21.3 Å². The first kappa shape index (κ1) is 10.3. The lowest BCUT2D eigenvalue weighted by molar-refractivity contribution is 0.814. The number of nitrogens with zero attached hydrogens (tertiary/aromatic N) is 3. The molecule has 0 fully saturated rings. The zero-order valence-electron chi connectivity index (χ0n) is 8.90. The maximum Gasteiger partial charge on any atom is 0.210 e. The Bertz CT molecular complexity index is 458. The predicted molar refractivity (Wildman–Crippen MR) is 61.5 cm³/mol. The molecule has 2 N–H and O–H groups in total. The Morgan fingerprint density at radius 1 is 1.47 bits per heavy atom. The first-order valence-electron chi connectivity index (χ1n) is 4.89. The Balaban J connectivity index is 2.32. The second kappa shape index (κ2) is 4.12. The molecule has 15 heavy (non-hydrogen) atoms. The van der Waals surface area contributed by atoms with Crippen molar-refractivity contribution in [3.05, 3.63) is 28.5 Å². The van der Waals surface area contributed by atoms with E-state index in [0.29, 0.717) is 6.54 Å². The molecule has 0 unspecified atom stereocenters. The van der Waals surface area contributed by atoms with Gasteiger partial charge in [0.2, 0.25) is 5.13 Å². The molecular formula is C10H14N4S. The molecule has 0 atom stereocenters. The fraction of sp³-hybridized carbons (Fsp3) is 0.400. The fourth-order valence-corrected chi connectivity index (χ4v) is 2.35. The molecule has 2 heterocycles. The van der Waals surface area contributed by atoms with Crippen LogP contribution in [0.25, 0.3) is 5.13 Å². The van der Waals surface area contributed by atoms with Crippen LogP contribution in [0.5, 0.6) is 0 Å². The largest absolute Gasteiger partial charge is 0.330 e. The second-order valence-corrected chi connectivity index (χ2v) is 4.34. The third-order valence-corrected chi connectivity index (χ3v) is 3.00. The zero-order valence-corrected chi connectivity index (χ0v) is 9.71. The van der Waals surface area contributed by atoms with Gasteiger partial charge in [-0.15, -0.1) is 11.3 Å². The highest BCUT2D eigenvalue weighted by Crippen LogP contribution is 2.17. The molecule has 2 aromatic heterocycles. The van der Waals surface area contributed by atoms with Gasteiger partial charge in [0.15, 0.2) is 0 Å². The van der Waals surface area contributed by atoms with Gasteiger partial charge in [-0.2, -0.15) is 5.10 Å². The second-order valence-electron chi connectivity index (χ2n) is 3.50. The molecule has 0 bridgehead atoms. The highest BCUT2D eigenvalue weighted by atomic mass is 32.1. The average Bonchev–Trinajstić information content (AvgIpc) is 2.73. The molecule has 80 valence electrons. The molecule has 2 rings (SSSR count). The summed E-state index contributed by atoms with van der Waals surface area (Å²) in [5.74, 6) is 0. The molecule has 5 heteroatoms. The van der Waals surface area contributed by atoms with Gasteiger partial charge in [-0.05, 0) is 26.5 Å². The summed E-state index contributed by atoms with van der Waals surface area (Å²) in [6, 6.07) is 2.05. The Labute approximate surface area is 92.8 Å². The van der Waals surface area contributed by atoms with Crippen LogP contribution in [0.1, 0.15) is 17.1 Å². The number of rotatable bonds is 3. The summed E-state index contributed by atoms with van der Waals surface area (Å²) in [7, 11) is 0. The minimum atomic E-state index is 0.639. The SMILES string of the molecule is Cc1cc(C)n(-c2nc(CCN)cs2)n1. The predicted octanol–water partition coefficient (Wildman–Crippen LogP) is 1.45. The summed E-state index contributed by atoms with van der Waals surface area (Å²) in [4.78, 5) is 4.48. The monoisotopic (exact) mass is 222 g/mol. The van der Waals surface area contributed by atoms with E-state index in [1.807, 2.05) is 30.0 Å². The highest BCUT2D eigenvalue weighted by molar-refractivity contribution is 7.12. The summed E-state index contributed by atoms with van der Waals surface area (Å²) in [5, 5.41) is 7.35. The van der Waals surface area contributed by atoms with E-state index in [1.54, 1.807) is 11.3 Å². The molecule has 2 aromatic rings. The normalized spacial score (nSPS) is 10.9. The van der Waals surface area contributed by atoms with Crippen LogP contribution in [0.2, 0.25) is 0 Å². The molecule has 0 aliphatic rings. The quantitative estimate of drug-likeness (QED) is 0.855. The first-order valence-corrected chi connectivity index (χ1v) is 5.77. The van der Waals surface area contributed by atoms with Gasteiger partial charge in [-0.1, -0.05) is 0 Å². The van der Waals surface area contributed by atoms with Gasteiger partial charge < -0.3 is 5.73 Å². The highest BCUT2D eigenvalue weighted by Gasteiger charge is 2.07. The Morgan fingerprint density at radius 3 is 2.87 bits per heavy atom. The summed E-state index contributed by atoms with van der Waals surface area (Å²) >= 11 is 1.60. The van der Waals surface area contributed by atoms with Crippen LogP contribution in [-0.2, 0) is 6.42 Å². The third kappa shape index (κ3) is 2.08. The molecule has 0 aliphatic heterocycles. The van der Waals surface area contributed by atoms with E-state index < -0.39 is 0 Å². The lowest BCUT2D eigenvalue weighted by atomic mass is 10.3. The summed E-state index contributed by atoms with van der Waals surface area (Å²) in [6.07, 6.45) is 0.829. The number of hydrogen-bond donors (Lipinski definition) is 1. The Hall–Kier alpha value is -1.20. The van der Waals surface area contributed by atoms with Crippen LogP contribution in [0, 0.1) is 13.8 Å². The van der Waals surface area contributed by atoms with E-state index in [0.717, 1.165) is 28.6 Å². The van der Waals surface area contributed by atoms with Crippen molar-refractivity contribution in [1.29, 1.82) is 0 Å².